The molecule has 0 saturated heterocycles. The molecule has 10 heavy (non-hydrogen) atoms. The number of ether oxygens (including phenoxy) is 2. The predicted molar refractivity (Wildman–Crippen MR) is 41.9 cm³/mol. The van der Waals surface area contributed by atoms with Crippen LogP contribution in [0.1, 0.15) is 20.3 Å². The second-order valence-electron chi connectivity index (χ2n) is 2.39. The first-order chi connectivity index (χ1) is 4.77. The second kappa shape index (κ2) is 7.03. The van der Waals surface area contributed by atoms with E-state index < -0.39 is 0 Å². The predicted octanol–water partition coefficient (Wildman–Crippen LogP) is 1.65. The summed E-state index contributed by atoms with van der Waals surface area (Å²) in [7, 11) is 0. The molecule has 0 fully saturated rings. The van der Waals surface area contributed by atoms with Gasteiger partial charge in [-0.1, -0.05) is 0 Å². The van der Waals surface area contributed by atoms with E-state index in [0.29, 0.717) is 12.7 Å². The Morgan fingerprint density at radius 2 is 2.00 bits per heavy atom. The zero-order chi connectivity index (χ0) is 7.82. The number of hydrogen-bond donors (Lipinski definition) is 0. The van der Waals surface area contributed by atoms with E-state index in [4.69, 9.17) is 9.47 Å². The molecule has 0 aromatic carbocycles. The maximum Gasteiger partial charge on any atom is 0.0518 e. The standard InChI is InChI=1S/C8H17O2/c1-4-9-6-5-7-10-8(2)3/h8H,1,4-7H2,2-3H3. The molecule has 0 unspecified atom stereocenters. The van der Waals surface area contributed by atoms with Crippen molar-refractivity contribution in [1.29, 1.82) is 0 Å². The molecule has 0 aliphatic carbocycles. The van der Waals surface area contributed by atoms with E-state index in [-0.39, 0.29) is 0 Å². The summed E-state index contributed by atoms with van der Waals surface area (Å²) in [5.41, 5.74) is 0. The van der Waals surface area contributed by atoms with Gasteiger partial charge in [-0.05, 0) is 27.2 Å². The van der Waals surface area contributed by atoms with E-state index in [1.54, 1.807) is 0 Å². The third kappa shape index (κ3) is 7.92. The molecule has 0 aliphatic rings. The van der Waals surface area contributed by atoms with Gasteiger partial charge in [0.1, 0.15) is 0 Å². The van der Waals surface area contributed by atoms with Crippen LogP contribution in [0.2, 0.25) is 0 Å². The molecule has 0 aromatic heterocycles. The van der Waals surface area contributed by atoms with Gasteiger partial charge in [-0.25, -0.2) is 0 Å². The Hall–Kier alpha value is -0.0800. The van der Waals surface area contributed by atoms with Crippen LogP contribution in [0, 0.1) is 6.92 Å². The lowest BCUT2D eigenvalue weighted by molar-refractivity contribution is 0.0561. The fourth-order valence-corrected chi connectivity index (χ4v) is 0.582. The Labute approximate surface area is 63.5 Å². The van der Waals surface area contributed by atoms with Gasteiger partial charge in [-0.3, -0.25) is 0 Å². The van der Waals surface area contributed by atoms with Gasteiger partial charge >= 0.3 is 0 Å². The van der Waals surface area contributed by atoms with E-state index in [9.17, 15) is 0 Å². The molecule has 0 aliphatic heterocycles. The van der Waals surface area contributed by atoms with Crippen LogP contribution in [-0.2, 0) is 9.47 Å². The summed E-state index contributed by atoms with van der Waals surface area (Å²) in [5.74, 6) is 0. The molecule has 2 nitrogen and oxygen atoms in total. The SMILES string of the molecule is [CH2]COCCCOC(C)C. The lowest BCUT2D eigenvalue weighted by Gasteiger charge is -2.06. The fraction of sp³-hybridized carbons (Fsp3) is 0.875. The van der Waals surface area contributed by atoms with Crippen molar-refractivity contribution in [3.8, 4) is 0 Å². The van der Waals surface area contributed by atoms with Crippen LogP contribution in [-0.4, -0.2) is 25.9 Å². The van der Waals surface area contributed by atoms with Crippen LogP contribution in [0.3, 0.4) is 0 Å². The molecule has 1 radical (unpaired) electrons. The average Bonchev–Trinajstić information content (AvgIpc) is 1.87. The Bertz CT molecular complexity index is 62.3. The Balaban J connectivity index is 2.77. The van der Waals surface area contributed by atoms with Crippen LogP contribution >= 0.6 is 0 Å². The highest BCUT2D eigenvalue weighted by atomic mass is 16.5. The molecule has 0 heterocycles. The zero-order valence-corrected chi connectivity index (χ0v) is 6.93. The largest absolute Gasteiger partial charge is 0.381 e. The molecular formula is C8H17O2. The van der Waals surface area contributed by atoms with E-state index in [1.165, 1.54) is 0 Å². The molecule has 0 amide bonds. The molecule has 0 N–H and O–H groups in total. The second-order valence-corrected chi connectivity index (χ2v) is 2.39. The van der Waals surface area contributed by atoms with Crippen LogP contribution < -0.4 is 0 Å². The molecular weight excluding hydrogens is 128 g/mol. The van der Waals surface area contributed by atoms with E-state index in [2.05, 4.69) is 6.92 Å². The van der Waals surface area contributed by atoms with Gasteiger partial charge in [0, 0.05) is 19.8 Å². The van der Waals surface area contributed by atoms with Crippen molar-refractivity contribution in [2.24, 2.45) is 0 Å². The summed E-state index contributed by atoms with van der Waals surface area (Å²) in [5, 5.41) is 0. The molecule has 0 saturated carbocycles. The maximum atomic E-state index is 5.29. The quantitative estimate of drug-likeness (QED) is 0.529. The fourth-order valence-electron chi connectivity index (χ4n) is 0.582. The van der Waals surface area contributed by atoms with Gasteiger partial charge < -0.3 is 9.47 Å². The van der Waals surface area contributed by atoms with Gasteiger partial charge in [0.15, 0.2) is 0 Å². The third-order valence-corrected chi connectivity index (χ3v) is 1.03. The van der Waals surface area contributed by atoms with Crippen molar-refractivity contribution in [2.75, 3.05) is 19.8 Å². The lowest BCUT2D eigenvalue weighted by Crippen LogP contribution is -2.06. The van der Waals surface area contributed by atoms with E-state index in [0.717, 1.165) is 19.6 Å². The number of hydrogen-bond acceptors (Lipinski definition) is 2. The first-order valence-corrected chi connectivity index (χ1v) is 3.76. The molecule has 0 spiro atoms. The van der Waals surface area contributed by atoms with E-state index >= 15 is 0 Å². The maximum absolute atomic E-state index is 5.29. The Kier molecular flexibility index (Phi) is 6.98. The normalized spacial score (nSPS) is 10.8. The zero-order valence-electron chi connectivity index (χ0n) is 6.93. The van der Waals surface area contributed by atoms with Crippen molar-refractivity contribution in [1.82, 2.24) is 0 Å². The molecule has 2 heteroatoms. The monoisotopic (exact) mass is 145 g/mol. The van der Waals surface area contributed by atoms with E-state index in [1.807, 2.05) is 13.8 Å². The molecule has 0 bridgehead atoms. The van der Waals surface area contributed by atoms with Crippen molar-refractivity contribution in [2.45, 2.75) is 26.4 Å². The molecule has 0 atom stereocenters. The summed E-state index contributed by atoms with van der Waals surface area (Å²) >= 11 is 0. The topological polar surface area (TPSA) is 18.5 Å². The van der Waals surface area contributed by atoms with Crippen LogP contribution in [0.5, 0.6) is 0 Å². The van der Waals surface area contributed by atoms with Crippen LogP contribution in [0.15, 0.2) is 0 Å². The average molecular weight is 145 g/mol. The highest BCUT2D eigenvalue weighted by molar-refractivity contribution is 4.39. The third-order valence-electron chi connectivity index (χ3n) is 1.03. The van der Waals surface area contributed by atoms with Crippen LogP contribution in [0.4, 0.5) is 0 Å². The minimum Gasteiger partial charge on any atom is -0.381 e. The summed E-state index contributed by atoms with van der Waals surface area (Å²) < 4.78 is 10.3. The van der Waals surface area contributed by atoms with Crippen molar-refractivity contribution >= 4 is 0 Å². The van der Waals surface area contributed by atoms with Crippen molar-refractivity contribution in [3.63, 3.8) is 0 Å². The number of rotatable bonds is 6. The highest BCUT2D eigenvalue weighted by Gasteiger charge is 1.91. The Morgan fingerprint density at radius 3 is 2.50 bits per heavy atom. The minimum absolute atomic E-state index is 0.333. The molecule has 0 rings (SSSR count). The van der Waals surface area contributed by atoms with Gasteiger partial charge in [-0.15, -0.1) is 0 Å². The van der Waals surface area contributed by atoms with Gasteiger partial charge in [-0.2, -0.15) is 0 Å². The van der Waals surface area contributed by atoms with Gasteiger partial charge in [0.25, 0.3) is 0 Å². The highest BCUT2D eigenvalue weighted by Crippen LogP contribution is 1.90. The minimum atomic E-state index is 0.333. The van der Waals surface area contributed by atoms with Crippen molar-refractivity contribution < 1.29 is 9.47 Å². The van der Waals surface area contributed by atoms with Gasteiger partial charge in [0.05, 0.1) is 6.10 Å². The van der Waals surface area contributed by atoms with Crippen LogP contribution in [0.25, 0.3) is 0 Å². The Morgan fingerprint density at radius 1 is 1.30 bits per heavy atom. The van der Waals surface area contributed by atoms with Gasteiger partial charge in [0.2, 0.25) is 0 Å². The summed E-state index contributed by atoms with van der Waals surface area (Å²) in [6, 6.07) is 0. The molecule has 0 aromatic rings. The summed E-state index contributed by atoms with van der Waals surface area (Å²) in [6.45, 7) is 9.72. The first-order valence-electron chi connectivity index (χ1n) is 3.76. The smallest absolute Gasteiger partial charge is 0.0518 e. The summed E-state index contributed by atoms with van der Waals surface area (Å²) in [4.78, 5) is 0. The summed E-state index contributed by atoms with van der Waals surface area (Å²) in [6.07, 6.45) is 1.30. The van der Waals surface area contributed by atoms with Crippen molar-refractivity contribution in [3.05, 3.63) is 6.92 Å². The first kappa shape index (κ1) is 9.92. The lowest BCUT2D eigenvalue weighted by atomic mass is 10.4. The molecule has 61 valence electrons.